The van der Waals surface area contributed by atoms with Crippen molar-refractivity contribution in [1.82, 2.24) is 4.98 Å². The molecule has 0 radical (unpaired) electrons. The molecule has 2 aromatic heterocycles. The maximum atomic E-state index is 5.69. The molecule has 3 aromatic rings. The minimum Gasteiger partial charge on any atom is -0.440 e. The van der Waals surface area contributed by atoms with Crippen LogP contribution in [0, 0.1) is 0 Å². The summed E-state index contributed by atoms with van der Waals surface area (Å²) in [5, 5.41) is 4.15. The maximum Gasteiger partial charge on any atom is 0.199 e. The van der Waals surface area contributed by atoms with Gasteiger partial charge in [-0.1, -0.05) is 0 Å². The van der Waals surface area contributed by atoms with E-state index >= 15 is 0 Å². The SMILES string of the molecule is Nc1ccc2oc(Cc3ccsc3)nc2c1. The van der Waals surface area contributed by atoms with Crippen molar-refractivity contribution in [1.29, 1.82) is 0 Å². The lowest BCUT2D eigenvalue weighted by atomic mass is 10.2. The molecule has 1 aromatic carbocycles. The van der Waals surface area contributed by atoms with Gasteiger partial charge in [-0.05, 0) is 40.6 Å². The Morgan fingerprint density at radius 3 is 3.06 bits per heavy atom. The van der Waals surface area contributed by atoms with Gasteiger partial charge in [-0.3, -0.25) is 0 Å². The zero-order chi connectivity index (χ0) is 11.0. The van der Waals surface area contributed by atoms with Crippen LogP contribution in [-0.4, -0.2) is 4.98 Å². The van der Waals surface area contributed by atoms with Crippen LogP contribution in [0.2, 0.25) is 0 Å². The molecule has 3 rings (SSSR count). The van der Waals surface area contributed by atoms with E-state index in [-0.39, 0.29) is 0 Å². The number of nitrogen functional groups attached to an aromatic ring is 1. The molecule has 0 bridgehead atoms. The summed E-state index contributed by atoms with van der Waals surface area (Å²) in [7, 11) is 0. The van der Waals surface area contributed by atoms with Crippen molar-refractivity contribution in [3.8, 4) is 0 Å². The molecule has 0 saturated heterocycles. The van der Waals surface area contributed by atoms with Crippen LogP contribution in [0.5, 0.6) is 0 Å². The Morgan fingerprint density at radius 1 is 1.31 bits per heavy atom. The second-order valence-electron chi connectivity index (χ2n) is 3.64. The van der Waals surface area contributed by atoms with E-state index < -0.39 is 0 Å². The molecule has 0 aliphatic heterocycles. The standard InChI is InChI=1S/C12H10N2OS/c13-9-1-2-11-10(6-9)14-12(15-11)5-8-3-4-16-7-8/h1-4,6-7H,5,13H2. The van der Waals surface area contributed by atoms with Crippen molar-refractivity contribution in [2.45, 2.75) is 6.42 Å². The lowest BCUT2D eigenvalue weighted by molar-refractivity contribution is 0.544. The van der Waals surface area contributed by atoms with Crippen molar-refractivity contribution >= 4 is 28.1 Å². The van der Waals surface area contributed by atoms with Crippen molar-refractivity contribution < 1.29 is 4.42 Å². The van der Waals surface area contributed by atoms with Crippen molar-refractivity contribution in [2.24, 2.45) is 0 Å². The normalized spacial score (nSPS) is 11.0. The van der Waals surface area contributed by atoms with Gasteiger partial charge < -0.3 is 10.2 Å². The Bertz CT molecular complexity index is 613. The van der Waals surface area contributed by atoms with E-state index in [4.69, 9.17) is 10.2 Å². The third-order valence-corrected chi connectivity index (χ3v) is 3.12. The van der Waals surface area contributed by atoms with E-state index in [2.05, 4.69) is 21.8 Å². The van der Waals surface area contributed by atoms with Gasteiger partial charge in [-0.2, -0.15) is 11.3 Å². The summed E-state index contributed by atoms with van der Waals surface area (Å²) >= 11 is 1.68. The van der Waals surface area contributed by atoms with Gasteiger partial charge in [0.15, 0.2) is 11.5 Å². The third kappa shape index (κ3) is 1.67. The van der Waals surface area contributed by atoms with Gasteiger partial charge in [0.2, 0.25) is 0 Å². The highest BCUT2D eigenvalue weighted by atomic mass is 32.1. The minimum atomic E-state index is 0.711. The summed E-state index contributed by atoms with van der Waals surface area (Å²) in [6.45, 7) is 0. The van der Waals surface area contributed by atoms with Gasteiger partial charge in [-0.15, -0.1) is 0 Å². The van der Waals surface area contributed by atoms with Crippen LogP contribution >= 0.6 is 11.3 Å². The fourth-order valence-corrected chi connectivity index (χ4v) is 2.30. The zero-order valence-corrected chi connectivity index (χ0v) is 9.33. The average molecular weight is 230 g/mol. The summed E-state index contributed by atoms with van der Waals surface area (Å²) in [6.07, 6.45) is 0.734. The molecule has 0 unspecified atom stereocenters. The van der Waals surface area contributed by atoms with Crippen LogP contribution in [0.15, 0.2) is 39.4 Å². The highest BCUT2D eigenvalue weighted by Gasteiger charge is 2.06. The number of oxazole rings is 1. The van der Waals surface area contributed by atoms with Gasteiger partial charge >= 0.3 is 0 Å². The predicted octanol–water partition coefficient (Wildman–Crippen LogP) is 3.06. The second-order valence-corrected chi connectivity index (χ2v) is 4.42. The number of fused-ring (bicyclic) bond motifs is 1. The summed E-state index contributed by atoms with van der Waals surface area (Å²) in [4.78, 5) is 4.41. The molecular formula is C12H10N2OS. The topological polar surface area (TPSA) is 52.0 Å². The number of hydrogen-bond donors (Lipinski definition) is 1. The smallest absolute Gasteiger partial charge is 0.199 e. The highest BCUT2D eigenvalue weighted by molar-refractivity contribution is 7.07. The van der Waals surface area contributed by atoms with Gasteiger partial charge in [0.1, 0.15) is 5.52 Å². The van der Waals surface area contributed by atoms with Gasteiger partial charge in [0, 0.05) is 5.69 Å². The van der Waals surface area contributed by atoms with Crippen LogP contribution < -0.4 is 5.73 Å². The van der Waals surface area contributed by atoms with Gasteiger partial charge in [-0.25, -0.2) is 4.98 Å². The van der Waals surface area contributed by atoms with Gasteiger partial charge in [0.25, 0.3) is 0 Å². The summed E-state index contributed by atoms with van der Waals surface area (Å²) in [5.74, 6) is 0.735. The van der Waals surface area contributed by atoms with Crippen LogP contribution in [0.25, 0.3) is 11.1 Å². The van der Waals surface area contributed by atoms with E-state index in [1.165, 1.54) is 5.56 Å². The molecule has 0 amide bonds. The fraction of sp³-hybridized carbons (Fsp3) is 0.0833. The molecule has 0 fully saturated rings. The lowest BCUT2D eigenvalue weighted by Gasteiger charge is -1.89. The Kier molecular flexibility index (Phi) is 2.15. The van der Waals surface area contributed by atoms with E-state index in [0.717, 1.165) is 23.4 Å². The Hall–Kier alpha value is -1.81. The van der Waals surface area contributed by atoms with Crippen LogP contribution in [0.1, 0.15) is 11.5 Å². The number of anilines is 1. The van der Waals surface area contributed by atoms with E-state index in [1.54, 1.807) is 11.3 Å². The molecule has 0 atom stereocenters. The minimum absolute atomic E-state index is 0.711. The summed E-state index contributed by atoms with van der Waals surface area (Å²) < 4.78 is 5.63. The molecule has 0 aliphatic rings. The maximum absolute atomic E-state index is 5.69. The Labute approximate surface area is 96.5 Å². The number of rotatable bonds is 2. The number of benzene rings is 1. The first kappa shape index (κ1) is 9.42. The lowest BCUT2D eigenvalue weighted by Crippen LogP contribution is -1.84. The Balaban J connectivity index is 1.99. The van der Waals surface area contributed by atoms with E-state index in [0.29, 0.717) is 5.69 Å². The molecule has 4 heteroatoms. The molecule has 0 aliphatic carbocycles. The molecule has 3 nitrogen and oxygen atoms in total. The Morgan fingerprint density at radius 2 is 2.25 bits per heavy atom. The quantitative estimate of drug-likeness (QED) is 0.688. The molecule has 80 valence electrons. The molecular weight excluding hydrogens is 220 g/mol. The summed E-state index contributed by atoms with van der Waals surface area (Å²) in [5.41, 5.74) is 9.24. The van der Waals surface area contributed by atoms with Crippen molar-refractivity contribution in [3.63, 3.8) is 0 Å². The molecule has 0 saturated carbocycles. The molecule has 2 N–H and O–H groups in total. The molecule has 16 heavy (non-hydrogen) atoms. The number of aromatic nitrogens is 1. The monoisotopic (exact) mass is 230 g/mol. The average Bonchev–Trinajstić information content (AvgIpc) is 2.86. The molecule has 2 heterocycles. The first-order valence-corrected chi connectivity index (χ1v) is 5.91. The first-order chi connectivity index (χ1) is 7.81. The molecule has 0 spiro atoms. The predicted molar refractivity (Wildman–Crippen MR) is 65.5 cm³/mol. The van der Waals surface area contributed by atoms with Crippen LogP contribution in [-0.2, 0) is 6.42 Å². The van der Waals surface area contributed by atoms with E-state index in [1.807, 2.05) is 18.2 Å². The number of nitrogens with zero attached hydrogens (tertiary/aromatic N) is 1. The largest absolute Gasteiger partial charge is 0.440 e. The van der Waals surface area contributed by atoms with Crippen LogP contribution in [0.3, 0.4) is 0 Å². The number of hydrogen-bond acceptors (Lipinski definition) is 4. The first-order valence-electron chi connectivity index (χ1n) is 4.97. The van der Waals surface area contributed by atoms with E-state index in [9.17, 15) is 0 Å². The fourth-order valence-electron chi connectivity index (χ4n) is 1.64. The third-order valence-electron chi connectivity index (χ3n) is 2.39. The number of nitrogens with two attached hydrogens (primary N) is 1. The van der Waals surface area contributed by atoms with Crippen LogP contribution in [0.4, 0.5) is 5.69 Å². The zero-order valence-electron chi connectivity index (χ0n) is 8.51. The second kappa shape index (κ2) is 3.64. The number of thiophene rings is 1. The van der Waals surface area contributed by atoms with Gasteiger partial charge in [0.05, 0.1) is 6.42 Å². The van der Waals surface area contributed by atoms with Crippen molar-refractivity contribution in [2.75, 3.05) is 5.73 Å². The highest BCUT2D eigenvalue weighted by Crippen LogP contribution is 2.20. The van der Waals surface area contributed by atoms with Crippen molar-refractivity contribution in [3.05, 3.63) is 46.5 Å². The summed E-state index contributed by atoms with van der Waals surface area (Å²) in [6, 6.07) is 7.58.